The van der Waals surface area contributed by atoms with Gasteiger partial charge < -0.3 is 5.32 Å². The summed E-state index contributed by atoms with van der Waals surface area (Å²) in [6, 6.07) is 2.33. The molecule has 7 heteroatoms. The molecular weight excluding hydrogens is 302 g/mol. The Bertz CT molecular complexity index is 747. The predicted octanol–water partition coefficient (Wildman–Crippen LogP) is 3.14. The van der Waals surface area contributed by atoms with E-state index in [2.05, 4.69) is 45.1 Å². The van der Waals surface area contributed by atoms with Gasteiger partial charge in [0, 0.05) is 36.1 Å². The summed E-state index contributed by atoms with van der Waals surface area (Å²) in [5, 5.41) is 7.23. The Morgan fingerprint density at radius 3 is 3.00 bits per heavy atom. The van der Waals surface area contributed by atoms with Crippen molar-refractivity contribution in [1.82, 2.24) is 24.7 Å². The normalized spacial score (nSPS) is 11.6. The van der Waals surface area contributed by atoms with Gasteiger partial charge in [-0.3, -0.25) is 4.40 Å². The lowest BCUT2D eigenvalue weighted by atomic mass is 10.3. The van der Waals surface area contributed by atoms with E-state index in [4.69, 9.17) is 4.98 Å². The van der Waals surface area contributed by atoms with Crippen molar-refractivity contribution >= 4 is 28.1 Å². The maximum atomic E-state index is 4.70. The summed E-state index contributed by atoms with van der Waals surface area (Å²) in [6.07, 6.45) is 3.85. The highest BCUT2D eigenvalue weighted by atomic mass is 32.2. The van der Waals surface area contributed by atoms with Crippen molar-refractivity contribution in [2.24, 2.45) is 0 Å². The first kappa shape index (κ1) is 14.5. The van der Waals surface area contributed by atoms with Crippen molar-refractivity contribution in [3.8, 4) is 0 Å². The molecule has 0 aliphatic rings. The van der Waals surface area contributed by atoms with Gasteiger partial charge >= 0.3 is 0 Å². The summed E-state index contributed by atoms with van der Waals surface area (Å²) < 4.78 is 2.14. The summed E-state index contributed by atoms with van der Waals surface area (Å²) >= 11 is 3.16. The molecule has 3 aromatic rings. The predicted molar refractivity (Wildman–Crippen MR) is 85.9 cm³/mol. The Labute approximate surface area is 131 Å². The second-order valence-electron chi connectivity index (χ2n) is 5.04. The SMILES string of the molecule is Cc1ccnc(Sc2nc3sccn3c2CNC(C)C)n1. The first-order chi connectivity index (χ1) is 10.1. The molecule has 0 spiro atoms. The van der Waals surface area contributed by atoms with Gasteiger partial charge in [0.1, 0.15) is 5.03 Å². The second kappa shape index (κ2) is 6.13. The van der Waals surface area contributed by atoms with Gasteiger partial charge in [-0.25, -0.2) is 15.0 Å². The summed E-state index contributed by atoms with van der Waals surface area (Å²) in [7, 11) is 0. The van der Waals surface area contributed by atoms with Crippen LogP contribution in [0.25, 0.3) is 4.96 Å². The quantitative estimate of drug-likeness (QED) is 0.732. The molecule has 3 heterocycles. The van der Waals surface area contributed by atoms with E-state index < -0.39 is 0 Å². The fourth-order valence-electron chi connectivity index (χ4n) is 1.92. The van der Waals surface area contributed by atoms with Crippen LogP contribution in [0.15, 0.2) is 34.0 Å². The van der Waals surface area contributed by atoms with Crippen LogP contribution in [0, 0.1) is 6.92 Å². The van der Waals surface area contributed by atoms with E-state index in [-0.39, 0.29) is 0 Å². The Hall–Kier alpha value is -1.44. The first-order valence-corrected chi connectivity index (χ1v) is 8.48. The van der Waals surface area contributed by atoms with Gasteiger partial charge in [0.25, 0.3) is 0 Å². The summed E-state index contributed by atoms with van der Waals surface area (Å²) in [6.45, 7) is 7.03. The number of imidazole rings is 1. The van der Waals surface area contributed by atoms with E-state index in [1.54, 1.807) is 17.5 Å². The number of hydrogen-bond donors (Lipinski definition) is 1. The molecule has 3 rings (SSSR count). The number of fused-ring (bicyclic) bond motifs is 1. The molecule has 110 valence electrons. The van der Waals surface area contributed by atoms with E-state index >= 15 is 0 Å². The van der Waals surface area contributed by atoms with Gasteiger partial charge in [-0.05, 0) is 24.8 Å². The number of thiazole rings is 1. The topological polar surface area (TPSA) is 55.1 Å². The van der Waals surface area contributed by atoms with Crippen LogP contribution in [0.3, 0.4) is 0 Å². The van der Waals surface area contributed by atoms with Gasteiger partial charge in [0.05, 0.1) is 5.69 Å². The van der Waals surface area contributed by atoms with Crippen LogP contribution in [-0.2, 0) is 6.54 Å². The van der Waals surface area contributed by atoms with Crippen LogP contribution in [0.4, 0.5) is 0 Å². The first-order valence-electron chi connectivity index (χ1n) is 6.79. The van der Waals surface area contributed by atoms with Crippen LogP contribution in [0.5, 0.6) is 0 Å². The molecule has 0 saturated carbocycles. The maximum Gasteiger partial charge on any atom is 0.194 e. The summed E-state index contributed by atoms with van der Waals surface area (Å²) in [5.74, 6) is 0. The van der Waals surface area contributed by atoms with E-state index in [0.29, 0.717) is 6.04 Å². The zero-order valence-corrected chi connectivity index (χ0v) is 13.8. The largest absolute Gasteiger partial charge is 0.309 e. The fraction of sp³-hybridized carbons (Fsp3) is 0.357. The Kier molecular flexibility index (Phi) is 4.23. The molecule has 0 bridgehead atoms. The van der Waals surface area contributed by atoms with Gasteiger partial charge in [0.2, 0.25) is 0 Å². The Morgan fingerprint density at radius 2 is 2.24 bits per heavy atom. The second-order valence-corrected chi connectivity index (χ2v) is 6.87. The van der Waals surface area contributed by atoms with E-state index in [1.807, 2.05) is 13.0 Å². The third-order valence-corrected chi connectivity index (χ3v) is 4.62. The highest BCUT2D eigenvalue weighted by Gasteiger charge is 2.15. The number of aryl methyl sites for hydroxylation is 1. The van der Waals surface area contributed by atoms with Crippen LogP contribution < -0.4 is 5.32 Å². The molecular formula is C14H17N5S2. The number of aromatic nitrogens is 4. The minimum Gasteiger partial charge on any atom is -0.309 e. The van der Waals surface area contributed by atoms with Crippen molar-refractivity contribution in [2.45, 2.75) is 43.5 Å². The minimum atomic E-state index is 0.433. The number of rotatable bonds is 5. The molecule has 0 atom stereocenters. The van der Waals surface area contributed by atoms with Crippen LogP contribution >= 0.6 is 23.1 Å². The van der Waals surface area contributed by atoms with Gasteiger partial charge in [-0.15, -0.1) is 11.3 Å². The zero-order chi connectivity index (χ0) is 14.8. The van der Waals surface area contributed by atoms with Gasteiger partial charge in [-0.1, -0.05) is 13.8 Å². The van der Waals surface area contributed by atoms with Crippen molar-refractivity contribution in [3.63, 3.8) is 0 Å². The average Bonchev–Trinajstić information content (AvgIpc) is 2.97. The lowest BCUT2D eigenvalue weighted by Gasteiger charge is -2.08. The third kappa shape index (κ3) is 3.25. The Morgan fingerprint density at radius 1 is 1.38 bits per heavy atom. The molecule has 0 radical (unpaired) electrons. The zero-order valence-electron chi connectivity index (χ0n) is 12.2. The number of hydrogen-bond acceptors (Lipinski definition) is 6. The highest BCUT2D eigenvalue weighted by Crippen LogP contribution is 2.29. The van der Waals surface area contributed by atoms with Crippen molar-refractivity contribution in [2.75, 3.05) is 0 Å². The Balaban J connectivity index is 1.93. The summed E-state index contributed by atoms with van der Waals surface area (Å²) in [5.41, 5.74) is 2.13. The van der Waals surface area contributed by atoms with E-state index in [1.165, 1.54) is 11.8 Å². The molecule has 0 unspecified atom stereocenters. The molecule has 3 aromatic heterocycles. The standard InChI is InChI=1S/C14H17N5S2/c1-9(2)16-8-11-12(18-14-19(11)6-7-20-14)21-13-15-5-4-10(3)17-13/h4-7,9,16H,8H2,1-3H3. The molecule has 0 aliphatic heterocycles. The molecule has 5 nitrogen and oxygen atoms in total. The highest BCUT2D eigenvalue weighted by molar-refractivity contribution is 7.99. The maximum absolute atomic E-state index is 4.70. The minimum absolute atomic E-state index is 0.433. The third-order valence-electron chi connectivity index (χ3n) is 2.96. The lowest BCUT2D eigenvalue weighted by molar-refractivity contribution is 0.574. The molecule has 0 aromatic carbocycles. The molecule has 21 heavy (non-hydrogen) atoms. The fourth-order valence-corrected chi connectivity index (χ4v) is 3.60. The number of nitrogens with zero attached hydrogens (tertiary/aromatic N) is 4. The van der Waals surface area contributed by atoms with Gasteiger partial charge in [-0.2, -0.15) is 0 Å². The molecule has 0 saturated heterocycles. The molecule has 0 fully saturated rings. The summed E-state index contributed by atoms with van der Waals surface area (Å²) in [4.78, 5) is 14.5. The van der Waals surface area contributed by atoms with Gasteiger partial charge in [0.15, 0.2) is 10.1 Å². The lowest BCUT2D eigenvalue weighted by Crippen LogP contribution is -2.22. The smallest absolute Gasteiger partial charge is 0.194 e. The van der Waals surface area contributed by atoms with E-state index in [0.717, 1.165) is 33.1 Å². The van der Waals surface area contributed by atoms with Crippen molar-refractivity contribution in [3.05, 3.63) is 35.2 Å². The average molecular weight is 319 g/mol. The molecule has 0 amide bonds. The van der Waals surface area contributed by atoms with Crippen molar-refractivity contribution in [1.29, 1.82) is 0 Å². The monoisotopic (exact) mass is 319 g/mol. The van der Waals surface area contributed by atoms with Crippen LogP contribution in [0.1, 0.15) is 25.2 Å². The van der Waals surface area contributed by atoms with E-state index in [9.17, 15) is 0 Å². The molecule has 0 aliphatic carbocycles. The number of nitrogens with one attached hydrogen (secondary N) is 1. The van der Waals surface area contributed by atoms with Crippen LogP contribution in [-0.4, -0.2) is 25.4 Å². The van der Waals surface area contributed by atoms with Crippen LogP contribution in [0.2, 0.25) is 0 Å². The molecule has 1 N–H and O–H groups in total. The van der Waals surface area contributed by atoms with Crippen molar-refractivity contribution < 1.29 is 0 Å².